The molecule has 1 aliphatic rings. The molecule has 2 heterocycles. The van der Waals surface area contributed by atoms with E-state index in [1.54, 1.807) is 6.26 Å². The summed E-state index contributed by atoms with van der Waals surface area (Å²) in [5.41, 5.74) is 7.09. The normalized spacial score (nSPS) is 21.0. The van der Waals surface area contributed by atoms with Crippen LogP contribution in [0.15, 0.2) is 16.7 Å². The molecule has 0 unspecified atom stereocenters. The molecule has 0 radical (unpaired) electrons. The van der Waals surface area contributed by atoms with Gasteiger partial charge in [0.25, 0.3) is 0 Å². The Bertz CT molecular complexity index is 330. The second kappa shape index (κ2) is 3.99. The Morgan fingerprint density at radius 2 is 2.33 bits per heavy atom. The second-order valence-corrected chi connectivity index (χ2v) is 5.25. The quantitative estimate of drug-likeness (QED) is 0.825. The van der Waals surface area contributed by atoms with Gasteiger partial charge in [-0.05, 0) is 24.4 Å². The molecule has 1 saturated heterocycles. The largest absolute Gasteiger partial charge is 0.468 e. The number of nitrogens with two attached hydrogens (primary N) is 1. The average molecular weight is 208 g/mol. The fourth-order valence-electron chi connectivity index (χ4n) is 2.20. The lowest BCUT2D eigenvalue weighted by Gasteiger charge is -2.18. The number of likely N-dealkylation sites (tertiary alicyclic amines) is 1. The monoisotopic (exact) mass is 208 g/mol. The van der Waals surface area contributed by atoms with Crippen molar-refractivity contribution >= 4 is 0 Å². The van der Waals surface area contributed by atoms with Crippen LogP contribution in [-0.2, 0) is 13.1 Å². The lowest BCUT2D eigenvalue weighted by molar-refractivity contribution is 0.263. The predicted molar refractivity (Wildman–Crippen MR) is 60.3 cm³/mol. The molecule has 0 spiro atoms. The zero-order valence-electron chi connectivity index (χ0n) is 9.62. The first-order valence-electron chi connectivity index (χ1n) is 5.58. The SMILES string of the molecule is CC1(C)CCN(Cc2cc(CN)co2)C1. The molecular formula is C12H20N2O. The molecule has 1 fully saturated rings. The van der Waals surface area contributed by atoms with E-state index in [4.69, 9.17) is 10.2 Å². The Labute approximate surface area is 91.2 Å². The van der Waals surface area contributed by atoms with Crippen LogP contribution >= 0.6 is 0 Å². The minimum atomic E-state index is 0.462. The van der Waals surface area contributed by atoms with Crippen LogP contribution < -0.4 is 5.73 Å². The standard InChI is InChI=1S/C12H20N2O/c1-12(2)3-4-14(9-12)7-11-5-10(6-13)8-15-11/h5,8H,3-4,6-7,9,13H2,1-2H3. The van der Waals surface area contributed by atoms with Crippen molar-refractivity contribution in [3.05, 3.63) is 23.7 Å². The first-order valence-corrected chi connectivity index (χ1v) is 5.58. The van der Waals surface area contributed by atoms with Gasteiger partial charge < -0.3 is 10.2 Å². The van der Waals surface area contributed by atoms with Gasteiger partial charge in [-0.2, -0.15) is 0 Å². The maximum absolute atomic E-state index is 5.54. The van der Waals surface area contributed by atoms with Crippen LogP contribution in [0.3, 0.4) is 0 Å². The molecule has 3 nitrogen and oxygen atoms in total. The minimum absolute atomic E-state index is 0.462. The number of nitrogens with zero attached hydrogens (tertiary/aromatic N) is 1. The fraction of sp³-hybridized carbons (Fsp3) is 0.667. The Morgan fingerprint density at radius 3 is 2.87 bits per heavy atom. The van der Waals surface area contributed by atoms with E-state index in [1.807, 2.05) is 0 Å². The number of rotatable bonds is 3. The van der Waals surface area contributed by atoms with Crippen molar-refractivity contribution in [3.63, 3.8) is 0 Å². The summed E-state index contributed by atoms with van der Waals surface area (Å²) in [6.07, 6.45) is 3.04. The molecular weight excluding hydrogens is 188 g/mol. The highest BCUT2D eigenvalue weighted by atomic mass is 16.3. The van der Waals surface area contributed by atoms with Crippen LogP contribution in [0.25, 0.3) is 0 Å². The van der Waals surface area contributed by atoms with E-state index >= 15 is 0 Å². The summed E-state index contributed by atoms with van der Waals surface area (Å²) in [5, 5.41) is 0. The van der Waals surface area contributed by atoms with E-state index in [2.05, 4.69) is 24.8 Å². The van der Waals surface area contributed by atoms with E-state index in [0.717, 1.165) is 24.4 Å². The molecule has 15 heavy (non-hydrogen) atoms. The maximum atomic E-state index is 5.54. The molecule has 1 aromatic heterocycles. The van der Waals surface area contributed by atoms with Gasteiger partial charge >= 0.3 is 0 Å². The lowest BCUT2D eigenvalue weighted by Crippen LogP contribution is -2.22. The average Bonchev–Trinajstić information content (AvgIpc) is 2.73. The van der Waals surface area contributed by atoms with Crippen molar-refractivity contribution in [2.75, 3.05) is 13.1 Å². The van der Waals surface area contributed by atoms with Gasteiger partial charge in [0.15, 0.2) is 0 Å². The molecule has 2 N–H and O–H groups in total. The molecule has 0 saturated carbocycles. The third-order valence-electron chi connectivity index (χ3n) is 3.08. The lowest BCUT2D eigenvalue weighted by atomic mass is 9.93. The molecule has 84 valence electrons. The first-order chi connectivity index (χ1) is 7.09. The number of hydrogen-bond acceptors (Lipinski definition) is 3. The van der Waals surface area contributed by atoms with Gasteiger partial charge in [-0.15, -0.1) is 0 Å². The fourth-order valence-corrected chi connectivity index (χ4v) is 2.20. The van der Waals surface area contributed by atoms with Crippen molar-refractivity contribution in [1.82, 2.24) is 4.90 Å². The van der Waals surface area contributed by atoms with Crippen LogP contribution in [0.1, 0.15) is 31.6 Å². The predicted octanol–water partition coefficient (Wildman–Crippen LogP) is 1.97. The zero-order chi connectivity index (χ0) is 10.9. The Balaban J connectivity index is 1.92. The minimum Gasteiger partial charge on any atom is -0.468 e. The van der Waals surface area contributed by atoms with Crippen LogP contribution in [0.2, 0.25) is 0 Å². The summed E-state index contributed by atoms with van der Waals surface area (Å²) < 4.78 is 5.46. The van der Waals surface area contributed by atoms with Gasteiger partial charge in [0.05, 0.1) is 12.8 Å². The Hall–Kier alpha value is -0.800. The van der Waals surface area contributed by atoms with Gasteiger partial charge in [0, 0.05) is 18.7 Å². The summed E-state index contributed by atoms with van der Waals surface area (Å²) >= 11 is 0. The summed E-state index contributed by atoms with van der Waals surface area (Å²) in [7, 11) is 0. The summed E-state index contributed by atoms with van der Waals surface area (Å²) in [6.45, 7) is 8.45. The molecule has 0 bridgehead atoms. The van der Waals surface area contributed by atoms with E-state index in [9.17, 15) is 0 Å². The molecule has 3 heteroatoms. The molecule has 2 rings (SSSR count). The highest BCUT2D eigenvalue weighted by Crippen LogP contribution is 2.29. The van der Waals surface area contributed by atoms with Gasteiger partial charge in [0.1, 0.15) is 5.76 Å². The molecule has 0 amide bonds. The van der Waals surface area contributed by atoms with Crippen LogP contribution in [0.4, 0.5) is 0 Å². The maximum Gasteiger partial charge on any atom is 0.118 e. The summed E-state index contributed by atoms with van der Waals surface area (Å²) in [5.74, 6) is 1.04. The van der Waals surface area contributed by atoms with Crippen molar-refractivity contribution in [3.8, 4) is 0 Å². The highest BCUT2D eigenvalue weighted by molar-refractivity contribution is 5.12. The first kappa shape index (κ1) is 10.7. The van der Waals surface area contributed by atoms with Crippen molar-refractivity contribution in [2.24, 2.45) is 11.1 Å². The smallest absolute Gasteiger partial charge is 0.118 e. The van der Waals surface area contributed by atoms with E-state index < -0.39 is 0 Å². The molecule has 0 aromatic carbocycles. The number of hydrogen-bond donors (Lipinski definition) is 1. The van der Waals surface area contributed by atoms with Gasteiger partial charge in [-0.1, -0.05) is 13.8 Å². The zero-order valence-corrected chi connectivity index (χ0v) is 9.62. The third-order valence-corrected chi connectivity index (χ3v) is 3.08. The van der Waals surface area contributed by atoms with Crippen LogP contribution in [0, 0.1) is 5.41 Å². The van der Waals surface area contributed by atoms with E-state index in [-0.39, 0.29) is 0 Å². The van der Waals surface area contributed by atoms with E-state index in [1.165, 1.54) is 13.0 Å². The van der Waals surface area contributed by atoms with Crippen molar-refractivity contribution in [2.45, 2.75) is 33.4 Å². The summed E-state index contributed by atoms with van der Waals surface area (Å²) in [4.78, 5) is 2.44. The van der Waals surface area contributed by atoms with Gasteiger partial charge in [0.2, 0.25) is 0 Å². The topological polar surface area (TPSA) is 42.4 Å². The molecule has 0 atom stereocenters. The molecule has 1 aromatic rings. The highest BCUT2D eigenvalue weighted by Gasteiger charge is 2.29. The van der Waals surface area contributed by atoms with Gasteiger partial charge in [-0.25, -0.2) is 0 Å². The van der Waals surface area contributed by atoms with E-state index in [0.29, 0.717) is 12.0 Å². The summed E-state index contributed by atoms with van der Waals surface area (Å²) in [6, 6.07) is 2.06. The van der Waals surface area contributed by atoms with Crippen molar-refractivity contribution < 1.29 is 4.42 Å². The van der Waals surface area contributed by atoms with Gasteiger partial charge in [-0.3, -0.25) is 4.90 Å². The number of furan rings is 1. The van der Waals surface area contributed by atoms with Crippen molar-refractivity contribution in [1.29, 1.82) is 0 Å². The Morgan fingerprint density at radius 1 is 1.53 bits per heavy atom. The van der Waals surface area contributed by atoms with Crippen LogP contribution in [-0.4, -0.2) is 18.0 Å². The molecule has 0 aliphatic carbocycles. The Kier molecular flexibility index (Phi) is 2.85. The van der Waals surface area contributed by atoms with Crippen LogP contribution in [0.5, 0.6) is 0 Å². The second-order valence-electron chi connectivity index (χ2n) is 5.25. The third kappa shape index (κ3) is 2.61. The molecule has 1 aliphatic heterocycles.